The molecule has 22 heavy (non-hydrogen) atoms. The van der Waals surface area contributed by atoms with Crippen molar-refractivity contribution in [1.29, 1.82) is 0 Å². The molecular weight excluding hydrogens is 292 g/mol. The highest BCUT2D eigenvalue weighted by Crippen LogP contribution is 2.37. The van der Waals surface area contributed by atoms with Crippen LogP contribution < -0.4 is 0 Å². The van der Waals surface area contributed by atoms with Gasteiger partial charge in [0.15, 0.2) is 0 Å². The van der Waals surface area contributed by atoms with Gasteiger partial charge in [0.1, 0.15) is 0 Å². The molecule has 0 radical (unpaired) electrons. The van der Waals surface area contributed by atoms with Gasteiger partial charge < -0.3 is 9.80 Å². The van der Waals surface area contributed by atoms with Gasteiger partial charge in [-0.1, -0.05) is 43.0 Å². The van der Waals surface area contributed by atoms with Crippen molar-refractivity contribution in [2.24, 2.45) is 5.92 Å². The molecule has 1 aliphatic heterocycles. The molecular formula is C19H29ClN2. The van der Waals surface area contributed by atoms with Crippen LogP contribution in [0.25, 0.3) is 0 Å². The Morgan fingerprint density at radius 3 is 2.50 bits per heavy atom. The minimum Gasteiger partial charge on any atom is -0.304 e. The first-order valence-electron chi connectivity index (χ1n) is 8.89. The fourth-order valence-electron chi connectivity index (χ4n) is 4.11. The Balaban J connectivity index is 1.73. The minimum absolute atomic E-state index is 0.655. The van der Waals surface area contributed by atoms with Gasteiger partial charge in [-0.25, -0.2) is 0 Å². The van der Waals surface area contributed by atoms with Gasteiger partial charge in [-0.15, -0.1) is 0 Å². The Kier molecular flexibility index (Phi) is 5.78. The van der Waals surface area contributed by atoms with Crippen molar-refractivity contribution in [3.05, 3.63) is 34.9 Å². The highest BCUT2D eigenvalue weighted by molar-refractivity contribution is 6.30. The lowest BCUT2D eigenvalue weighted by Crippen LogP contribution is -2.46. The lowest BCUT2D eigenvalue weighted by molar-refractivity contribution is 0.131. The SMILES string of the molecule is CN1CCN(C[C@@H](c2cccc(Cl)c2)C2CCCCC2)CC1. The lowest BCUT2D eigenvalue weighted by atomic mass is 9.76. The van der Waals surface area contributed by atoms with Crippen molar-refractivity contribution in [3.8, 4) is 0 Å². The highest BCUT2D eigenvalue weighted by atomic mass is 35.5. The van der Waals surface area contributed by atoms with Crippen molar-refractivity contribution in [2.45, 2.75) is 38.0 Å². The first kappa shape index (κ1) is 16.3. The molecule has 0 bridgehead atoms. The van der Waals surface area contributed by atoms with Crippen LogP contribution in [-0.4, -0.2) is 49.6 Å². The Morgan fingerprint density at radius 1 is 1.09 bits per heavy atom. The van der Waals surface area contributed by atoms with E-state index >= 15 is 0 Å². The van der Waals surface area contributed by atoms with Gasteiger partial charge in [0.2, 0.25) is 0 Å². The molecule has 0 N–H and O–H groups in total. The maximum Gasteiger partial charge on any atom is 0.0408 e. The quantitative estimate of drug-likeness (QED) is 0.818. The number of hydrogen-bond donors (Lipinski definition) is 0. The zero-order valence-electron chi connectivity index (χ0n) is 13.8. The first-order valence-corrected chi connectivity index (χ1v) is 9.26. The molecule has 3 rings (SSSR count). The van der Waals surface area contributed by atoms with E-state index in [1.165, 1.54) is 70.4 Å². The van der Waals surface area contributed by atoms with E-state index in [9.17, 15) is 0 Å². The third-order valence-corrected chi connectivity index (χ3v) is 5.78. The fourth-order valence-corrected chi connectivity index (χ4v) is 4.31. The number of hydrogen-bond acceptors (Lipinski definition) is 2. The molecule has 1 aromatic carbocycles. The topological polar surface area (TPSA) is 6.48 Å². The lowest BCUT2D eigenvalue weighted by Gasteiger charge is -2.38. The summed E-state index contributed by atoms with van der Waals surface area (Å²) < 4.78 is 0. The second-order valence-electron chi connectivity index (χ2n) is 7.16. The monoisotopic (exact) mass is 320 g/mol. The molecule has 3 heteroatoms. The Labute approximate surface area is 140 Å². The molecule has 1 saturated heterocycles. The predicted molar refractivity (Wildman–Crippen MR) is 94.7 cm³/mol. The molecule has 122 valence electrons. The van der Waals surface area contributed by atoms with E-state index in [1.807, 2.05) is 6.07 Å². The average molecular weight is 321 g/mol. The molecule has 1 atom stereocenters. The predicted octanol–water partition coefficient (Wildman–Crippen LogP) is 4.25. The van der Waals surface area contributed by atoms with E-state index in [2.05, 4.69) is 35.0 Å². The average Bonchev–Trinajstić information content (AvgIpc) is 2.55. The van der Waals surface area contributed by atoms with Gasteiger partial charge in [0, 0.05) is 37.7 Å². The van der Waals surface area contributed by atoms with Crippen LogP contribution >= 0.6 is 11.6 Å². The van der Waals surface area contributed by atoms with E-state index < -0.39 is 0 Å². The summed E-state index contributed by atoms with van der Waals surface area (Å²) in [5.74, 6) is 1.49. The van der Waals surface area contributed by atoms with Gasteiger partial charge in [-0.05, 0) is 49.4 Å². The van der Waals surface area contributed by atoms with Crippen molar-refractivity contribution in [2.75, 3.05) is 39.8 Å². The van der Waals surface area contributed by atoms with Crippen LogP contribution in [0.15, 0.2) is 24.3 Å². The molecule has 2 nitrogen and oxygen atoms in total. The molecule has 2 aliphatic rings. The van der Waals surface area contributed by atoms with E-state index in [1.54, 1.807) is 0 Å². The van der Waals surface area contributed by atoms with Gasteiger partial charge in [-0.3, -0.25) is 0 Å². The van der Waals surface area contributed by atoms with Crippen LogP contribution in [0.4, 0.5) is 0 Å². The van der Waals surface area contributed by atoms with Crippen LogP contribution in [0.5, 0.6) is 0 Å². The molecule has 1 aliphatic carbocycles. The smallest absolute Gasteiger partial charge is 0.0408 e. The van der Waals surface area contributed by atoms with E-state index in [-0.39, 0.29) is 0 Å². The maximum atomic E-state index is 6.27. The summed E-state index contributed by atoms with van der Waals surface area (Å²) in [6.07, 6.45) is 7.03. The number of nitrogens with zero attached hydrogens (tertiary/aromatic N) is 2. The molecule has 0 aromatic heterocycles. The van der Waals surface area contributed by atoms with Crippen molar-refractivity contribution in [3.63, 3.8) is 0 Å². The number of halogens is 1. The minimum atomic E-state index is 0.655. The van der Waals surface area contributed by atoms with Gasteiger partial charge in [0.05, 0.1) is 0 Å². The van der Waals surface area contributed by atoms with Crippen molar-refractivity contribution < 1.29 is 0 Å². The van der Waals surface area contributed by atoms with Crippen LogP contribution in [-0.2, 0) is 0 Å². The van der Waals surface area contributed by atoms with Crippen LogP contribution in [0.2, 0.25) is 5.02 Å². The Hall–Kier alpha value is -0.570. The van der Waals surface area contributed by atoms with E-state index in [4.69, 9.17) is 11.6 Å². The number of rotatable bonds is 4. The van der Waals surface area contributed by atoms with Gasteiger partial charge in [0.25, 0.3) is 0 Å². The van der Waals surface area contributed by atoms with Crippen molar-refractivity contribution in [1.82, 2.24) is 9.80 Å². The molecule has 0 amide bonds. The number of benzene rings is 1. The largest absolute Gasteiger partial charge is 0.304 e. The molecule has 1 saturated carbocycles. The third kappa shape index (κ3) is 4.24. The summed E-state index contributed by atoms with van der Waals surface area (Å²) in [4.78, 5) is 5.10. The summed E-state index contributed by atoms with van der Waals surface area (Å²) in [6.45, 7) is 6.03. The summed E-state index contributed by atoms with van der Waals surface area (Å²) in [5.41, 5.74) is 1.46. The summed E-state index contributed by atoms with van der Waals surface area (Å²) in [5, 5.41) is 0.886. The van der Waals surface area contributed by atoms with Crippen LogP contribution in [0.3, 0.4) is 0 Å². The van der Waals surface area contributed by atoms with Crippen LogP contribution in [0.1, 0.15) is 43.6 Å². The zero-order chi connectivity index (χ0) is 15.4. The first-order chi connectivity index (χ1) is 10.7. The number of likely N-dealkylation sites (N-methyl/N-ethyl adjacent to an activating group) is 1. The molecule has 0 unspecified atom stereocenters. The number of piperazine rings is 1. The second kappa shape index (κ2) is 7.81. The third-order valence-electron chi connectivity index (χ3n) is 5.55. The van der Waals surface area contributed by atoms with Crippen molar-refractivity contribution >= 4 is 11.6 Å². The highest BCUT2D eigenvalue weighted by Gasteiger charge is 2.28. The summed E-state index contributed by atoms with van der Waals surface area (Å²) in [7, 11) is 2.23. The Bertz CT molecular complexity index is 462. The Morgan fingerprint density at radius 2 is 1.82 bits per heavy atom. The van der Waals surface area contributed by atoms with E-state index in [0.29, 0.717) is 5.92 Å². The van der Waals surface area contributed by atoms with Crippen LogP contribution in [0, 0.1) is 5.92 Å². The fraction of sp³-hybridized carbons (Fsp3) is 0.684. The normalized spacial score (nSPS) is 23.5. The summed E-state index contributed by atoms with van der Waals surface area (Å²) >= 11 is 6.27. The maximum absolute atomic E-state index is 6.27. The second-order valence-corrected chi connectivity index (χ2v) is 7.60. The van der Waals surface area contributed by atoms with E-state index in [0.717, 1.165) is 10.9 Å². The molecule has 1 aromatic rings. The molecule has 0 spiro atoms. The molecule has 1 heterocycles. The summed E-state index contributed by atoms with van der Waals surface area (Å²) in [6, 6.07) is 8.62. The van der Waals surface area contributed by atoms with Gasteiger partial charge in [-0.2, -0.15) is 0 Å². The standard InChI is InChI=1S/C19H29ClN2/c1-21-10-12-22(13-11-21)15-19(16-6-3-2-4-7-16)17-8-5-9-18(20)14-17/h5,8-9,14,16,19H,2-4,6-7,10-13,15H2,1H3/t19-/m1/s1. The van der Waals surface area contributed by atoms with Gasteiger partial charge >= 0.3 is 0 Å². The molecule has 2 fully saturated rings. The zero-order valence-corrected chi connectivity index (χ0v) is 14.6.